The van der Waals surface area contributed by atoms with E-state index in [1.54, 1.807) is 0 Å². The Labute approximate surface area is 95.5 Å². The van der Waals surface area contributed by atoms with E-state index in [0.717, 1.165) is 11.8 Å². The highest BCUT2D eigenvalue weighted by molar-refractivity contribution is 4.93. The maximum Gasteiger partial charge on any atom is -0.0233 e. The van der Waals surface area contributed by atoms with Crippen LogP contribution in [-0.2, 0) is 0 Å². The maximum atomic E-state index is 3.89. The van der Waals surface area contributed by atoms with E-state index < -0.39 is 0 Å². The second kappa shape index (κ2) is 7.73. The highest BCUT2D eigenvalue weighted by Gasteiger charge is 2.16. The lowest BCUT2D eigenvalue weighted by atomic mass is 9.82. The molecule has 0 amide bonds. The van der Waals surface area contributed by atoms with Crippen LogP contribution in [0.15, 0.2) is 24.8 Å². The van der Waals surface area contributed by atoms with Crippen LogP contribution in [0.4, 0.5) is 0 Å². The molecule has 0 heteroatoms. The van der Waals surface area contributed by atoms with Gasteiger partial charge in [0, 0.05) is 0 Å². The van der Waals surface area contributed by atoms with Crippen LogP contribution in [0.25, 0.3) is 0 Å². The van der Waals surface area contributed by atoms with Crippen LogP contribution in [-0.4, -0.2) is 0 Å². The monoisotopic (exact) mass is 206 g/mol. The third-order valence-electron chi connectivity index (χ3n) is 3.53. The van der Waals surface area contributed by atoms with Crippen molar-refractivity contribution in [2.75, 3.05) is 0 Å². The number of unbranched alkanes of at least 4 members (excludes halogenated alkanes) is 3. The fourth-order valence-electron chi connectivity index (χ4n) is 2.37. The Morgan fingerprint density at radius 3 is 2.33 bits per heavy atom. The molecule has 15 heavy (non-hydrogen) atoms. The standard InChI is InChI=1S/C15H26/c1-3-5-6-7-8-9-15-12-10-14(4-2)11-13-15/h4,8-9,14-15H,2-3,5-7,10-13H2,1H3/b9-8+. The molecule has 0 nitrogen and oxygen atoms in total. The van der Waals surface area contributed by atoms with Gasteiger partial charge in [0.05, 0.1) is 0 Å². The van der Waals surface area contributed by atoms with E-state index in [4.69, 9.17) is 0 Å². The lowest BCUT2D eigenvalue weighted by Gasteiger charge is -2.24. The zero-order valence-corrected chi connectivity index (χ0v) is 10.3. The molecule has 0 heterocycles. The van der Waals surface area contributed by atoms with Crippen molar-refractivity contribution in [3.63, 3.8) is 0 Å². The molecule has 0 saturated heterocycles. The third kappa shape index (κ3) is 5.20. The fraction of sp³-hybridized carbons (Fsp3) is 0.733. The average Bonchev–Trinajstić information content (AvgIpc) is 2.30. The lowest BCUT2D eigenvalue weighted by Crippen LogP contribution is -2.10. The Morgan fingerprint density at radius 2 is 1.73 bits per heavy atom. The highest BCUT2D eigenvalue weighted by Crippen LogP contribution is 2.30. The van der Waals surface area contributed by atoms with Crippen molar-refractivity contribution in [3.05, 3.63) is 24.8 Å². The topological polar surface area (TPSA) is 0 Å². The molecule has 0 bridgehead atoms. The molecule has 0 aromatic carbocycles. The van der Waals surface area contributed by atoms with Crippen molar-refractivity contribution in [2.24, 2.45) is 11.8 Å². The fourth-order valence-corrected chi connectivity index (χ4v) is 2.37. The second-order valence-electron chi connectivity index (χ2n) is 4.83. The van der Waals surface area contributed by atoms with E-state index in [1.807, 2.05) is 0 Å². The van der Waals surface area contributed by atoms with Crippen molar-refractivity contribution in [2.45, 2.75) is 58.3 Å². The molecule has 0 radical (unpaired) electrons. The summed E-state index contributed by atoms with van der Waals surface area (Å²) in [6.45, 7) is 6.15. The predicted molar refractivity (Wildman–Crippen MR) is 68.9 cm³/mol. The van der Waals surface area contributed by atoms with Gasteiger partial charge in [-0.15, -0.1) is 6.58 Å². The Balaban J connectivity index is 2.09. The van der Waals surface area contributed by atoms with Gasteiger partial charge in [0.2, 0.25) is 0 Å². The van der Waals surface area contributed by atoms with Gasteiger partial charge in [-0.3, -0.25) is 0 Å². The summed E-state index contributed by atoms with van der Waals surface area (Å²) in [5, 5.41) is 0. The van der Waals surface area contributed by atoms with Gasteiger partial charge in [0.15, 0.2) is 0 Å². The van der Waals surface area contributed by atoms with Crippen LogP contribution in [0.2, 0.25) is 0 Å². The van der Waals surface area contributed by atoms with Crippen LogP contribution < -0.4 is 0 Å². The van der Waals surface area contributed by atoms with Gasteiger partial charge < -0.3 is 0 Å². The van der Waals surface area contributed by atoms with Crippen molar-refractivity contribution in [1.82, 2.24) is 0 Å². The molecule has 0 aromatic rings. The molecule has 0 aliphatic heterocycles. The maximum absolute atomic E-state index is 3.89. The molecule has 0 aromatic heterocycles. The van der Waals surface area contributed by atoms with Gasteiger partial charge in [-0.25, -0.2) is 0 Å². The van der Waals surface area contributed by atoms with Gasteiger partial charge in [-0.2, -0.15) is 0 Å². The van der Waals surface area contributed by atoms with Crippen molar-refractivity contribution < 1.29 is 0 Å². The van der Waals surface area contributed by atoms with Gasteiger partial charge in [-0.1, -0.05) is 38.0 Å². The van der Waals surface area contributed by atoms with E-state index in [1.165, 1.54) is 51.4 Å². The van der Waals surface area contributed by atoms with Crippen molar-refractivity contribution >= 4 is 0 Å². The van der Waals surface area contributed by atoms with E-state index in [9.17, 15) is 0 Å². The summed E-state index contributed by atoms with van der Waals surface area (Å²) in [4.78, 5) is 0. The van der Waals surface area contributed by atoms with Gasteiger partial charge in [-0.05, 0) is 50.4 Å². The summed E-state index contributed by atoms with van der Waals surface area (Å²) in [5.41, 5.74) is 0. The first-order valence-corrected chi connectivity index (χ1v) is 6.66. The van der Waals surface area contributed by atoms with Crippen LogP contribution in [0.1, 0.15) is 58.3 Å². The van der Waals surface area contributed by atoms with Gasteiger partial charge >= 0.3 is 0 Å². The minimum absolute atomic E-state index is 0.801. The van der Waals surface area contributed by atoms with Gasteiger partial charge in [0.25, 0.3) is 0 Å². The SMILES string of the molecule is C=CC1CCC(/C=C/CCCCC)CC1. The minimum Gasteiger partial charge on any atom is -0.103 e. The quantitative estimate of drug-likeness (QED) is 0.418. The summed E-state index contributed by atoms with van der Waals surface area (Å²) in [6.07, 6.45) is 17.9. The third-order valence-corrected chi connectivity index (χ3v) is 3.53. The molecule has 1 saturated carbocycles. The second-order valence-corrected chi connectivity index (χ2v) is 4.83. The molecular formula is C15H26. The van der Waals surface area contributed by atoms with Crippen LogP contribution in [0.3, 0.4) is 0 Å². The highest BCUT2D eigenvalue weighted by atomic mass is 14.2. The van der Waals surface area contributed by atoms with Crippen LogP contribution >= 0.6 is 0 Å². The molecule has 0 atom stereocenters. The first-order valence-electron chi connectivity index (χ1n) is 6.66. The van der Waals surface area contributed by atoms with Crippen LogP contribution in [0.5, 0.6) is 0 Å². The Kier molecular flexibility index (Phi) is 6.47. The zero-order valence-electron chi connectivity index (χ0n) is 10.3. The first-order chi connectivity index (χ1) is 7.36. The van der Waals surface area contributed by atoms with Crippen molar-refractivity contribution in [3.8, 4) is 0 Å². The largest absolute Gasteiger partial charge is 0.103 e. The Morgan fingerprint density at radius 1 is 1.07 bits per heavy atom. The summed E-state index contributed by atoms with van der Waals surface area (Å²) < 4.78 is 0. The number of rotatable bonds is 6. The molecule has 1 aliphatic carbocycles. The number of hydrogen-bond donors (Lipinski definition) is 0. The molecule has 1 fully saturated rings. The molecule has 0 unspecified atom stereocenters. The molecule has 0 spiro atoms. The van der Waals surface area contributed by atoms with Gasteiger partial charge in [0.1, 0.15) is 0 Å². The van der Waals surface area contributed by atoms with E-state index in [0.29, 0.717) is 0 Å². The molecule has 1 rings (SSSR count). The van der Waals surface area contributed by atoms with E-state index in [2.05, 4.69) is 31.7 Å². The average molecular weight is 206 g/mol. The zero-order chi connectivity index (χ0) is 10.9. The summed E-state index contributed by atoms with van der Waals surface area (Å²) >= 11 is 0. The minimum atomic E-state index is 0.801. The summed E-state index contributed by atoms with van der Waals surface area (Å²) in [5.74, 6) is 1.66. The number of allylic oxidation sites excluding steroid dienone is 3. The van der Waals surface area contributed by atoms with E-state index in [-0.39, 0.29) is 0 Å². The number of hydrogen-bond acceptors (Lipinski definition) is 0. The Hall–Kier alpha value is -0.520. The van der Waals surface area contributed by atoms with Crippen LogP contribution in [0, 0.1) is 11.8 Å². The molecule has 86 valence electrons. The smallest absolute Gasteiger partial charge is 0.0233 e. The summed E-state index contributed by atoms with van der Waals surface area (Å²) in [7, 11) is 0. The molecule has 0 N–H and O–H groups in total. The van der Waals surface area contributed by atoms with E-state index >= 15 is 0 Å². The normalized spacial score (nSPS) is 27.0. The molecule has 1 aliphatic rings. The predicted octanol–water partition coefficient (Wildman–Crippen LogP) is 5.12. The summed E-state index contributed by atoms with van der Waals surface area (Å²) in [6, 6.07) is 0. The lowest BCUT2D eigenvalue weighted by molar-refractivity contribution is 0.356. The molecular weight excluding hydrogens is 180 g/mol. The first kappa shape index (κ1) is 12.5. The Bertz CT molecular complexity index is 182. The van der Waals surface area contributed by atoms with Crippen molar-refractivity contribution in [1.29, 1.82) is 0 Å².